The summed E-state index contributed by atoms with van der Waals surface area (Å²) in [6.07, 6.45) is 4.01. The van der Waals surface area contributed by atoms with E-state index in [-0.39, 0.29) is 12.7 Å². The van der Waals surface area contributed by atoms with Gasteiger partial charge in [0.05, 0.1) is 6.10 Å². The van der Waals surface area contributed by atoms with Crippen LogP contribution in [0, 0.1) is 0 Å². The number of carbonyl (C=O) groups is 1. The zero-order valence-electron chi connectivity index (χ0n) is 18.4. The molecule has 0 amide bonds. The minimum Gasteiger partial charge on any atom is -0.480 e. The van der Waals surface area contributed by atoms with E-state index in [2.05, 4.69) is 89.8 Å². The van der Waals surface area contributed by atoms with Crippen LogP contribution in [-0.4, -0.2) is 23.8 Å². The van der Waals surface area contributed by atoms with Crippen LogP contribution in [0.5, 0.6) is 0 Å². The lowest BCUT2D eigenvalue weighted by Gasteiger charge is -2.29. The number of carboxylic acids is 1. The molecule has 4 nitrogen and oxygen atoms in total. The van der Waals surface area contributed by atoms with Crippen molar-refractivity contribution >= 4 is 11.7 Å². The third kappa shape index (κ3) is 6.21. The molecule has 1 N–H and O–H groups in total. The highest BCUT2D eigenvalue weighted by Gasteiger charge is 2.23. The average Bonchev–Trinajstić information content (AvgIpc) is 2.84. The lowest BCUT2D eigenvalue weighted by Crippen LogP contribution is -2.24. The summed E-state index contributed by atoms with van der Waals surface area (Å²) in [6.45, 7) is 1.53. The molecule has 3 aromatic rings. The molecule has 0 atom stereocenters. The zero-order valence-corrected chi connectivity index (χ0v) is 18.4. The number of ether oxygens (including phenoxy) is 1. The molecule has 1 saturated carbocycles. The molecule has 1 fully saturated rings. The Morgan fingerprint density at radius 3 is 1.81 bits per heavy atom. The van der Waals surface area contributed by atoms with E-state index < -0.39 is 5.97 Å². The summed E-state index contributed by atoms with van der Waals surface area (Å²) in [5.74, 6) is -0.372. The summed E-state index contributed by atoms with van der Waals surface area (Å²) in [5, 5.41) is 8.80. The second-order valence-corrected chi connectivity index (χ2v) is 8.60. The van der Waals surface area contributed by atoms with Crippen molar-refractivity contribution in [2.45, 2.75) is 50.8 Å². The first-order valence-corrected chi connectivity index (χ1v) is 11.4. The van der Waals surface area contributed by atoms with Gasteiger partial charge in [-0.3, -0.25) is 0 Å². The normalized spacial score (nSPS) is 18.2. The van der Waals surface area contributed by atoms with E-state index in [4.69, 9.17) is 9.84 Å². The highest BCUT2D eigenvalue weighted by atomic mass is 16.5. The van der Waals surface area contributed by atoms with E-state index in [0.29, 0.717) is 5.92 Å². The van der Waals surface area contributed by atoms with Gasteiger partial charge < -0.3 is 14.7 Å². The van der Waals surface area contributed by atoms with Crippen molar-refractivity contribution < 1.29 is 14.6 Å². The van der Waals surface area contributed by atoms with Gasteiger partial charge in [-0.25, -0.2) is 4.79 Å². The topological polar surface area (TPSA) is 49.8 Å². The number of rotatable bonds is 9. The molecule has 4 heteroatoms. The Balaban J connectivity index is 1.43. The second-order valence-electron chi connectivity index (χ2n) is 8.60. The van der Waals surface area contributed by atoms with Crippen LogP contribution >= 0.6 is 0 Å². The maximum Gasteiger partial charge on any atom is 0.329 e. The molecule has 0 aromatic heterocycles. The Bertz CT molecular complexity index is 923. The van der Waals surface area contributed by atoms with Crippen LogP contribution in [-0.2, 0) is 22.6 Å². The molecular formula is C28H31NO3. The van der Waals surface area contributed by atoms with Gasteiger partial charge in [0.25, 0.3) is 0 Å². The minimum atomic E-state index is -0.890. The summed E-state index contributed by atoms with van der Waals surface area (Å²) in [5.41, 5.74) is 5.18. The van der Waals surface area contributed by atoms with Crippen LogP contribution in [0.3, 0.4) is 0 Å². The molecule has 32 heavy (non-hydrogen) atoms. The summed E-state index contributed by atoms with van der Waals surface area (Å²) in [7, 11) is 0. The molecule has 1 aliphatic carbocycles. The molecule has 0 aliphatic heterocycles. The third-order valence-electron chi connectivity index (χ3n) is 6.28. The van der Waals surface area contributed by atoms with Gasteiger partial charge in [0.1, 0.15) is 6.61 Å². The van der Waals surface area contributed by atoms with Crippen molar-refractivity contribution in [3.05, 3.63) is 102 Å². The van der Waals surface area contributed by atoms with Crippen molar-refractivity contribution in [1.29, 1.82) is 0 Å². The summed E-state index contributed by atoms with van der Waals surface area (Å²) < 4.78 is 5.49. The smallest absolute Gasteiger partial charge is 0.329 e. The number of benzene rings is 3. The van der Waals surface area contributed by atoms with Gasteiger partial charge in [0.2, 0.25) is 0 Å². The monoisotopic (exact) mass is 429 g/mol. The molecule has 1 aliphatic rings. The lowest BCUT2D eigenvalue weighted by molar-refractivity contribution is -0.145. The predicted molar refractivity (Wildman–Crippen MR) is 128 cm³/mol. The van der Waals surface area contributed by atoms with Gasteiger partial charge >= 0.3 is 5.97 Å². The molecule has 0 unspecified atom stereocenters. The molecular weight excluding hydrogens is 398 g/mol. The van der Waals surface area contributed by atoms with E-state index in [9.17, 15) is 4.79 Å². The first-order chi connectivity index (χ1) is 15.7. The van der Waals surface area contributed by atoms with Gasteiger partial charge in [-0.2, -0.15) is 0 Å². The SMILES string of the molecule is O=C(O)CO[C@H]1CC[C@H](c2ccc(N(Cc3ccccc3)Cc3ccccc3)cc2)CC1. The van der Waals surface area contributed by atoms with E-state index in [1.54, 1.807) is 0 Å². The first kappa shape index (κ1) is 22.1. The lowest BCUT2D eigenvalue weighted by atomic mass is 9.82. The Kier molecular flexibility index (Phi) is 7.57. The van der Waals surface area contributed by atoms with Gasteiger partial charge in [0, 0.05) is 18.8 Å². The fourth-order valence-electron chi connectivity index (χ4n) is 4.56. The van der Waals surface area contributed by atoms with Crippen molar-refractivity contribution in [2.24, 2.45) is 0 Å². The highest BCUT2D eigenvalue weighted by molar-refractivity contribution is 5.68. The molecule has 0 spiro atoms. The maximum atomic E-state index is 10.7. The van der Waals surface area contributed by atoms with Crippen molar-refractivity contribution in [3.8, 4) is 0 Å². The minimum absolute atomic E-state index is 0.0776. The van der Waals surface area contributed by atoms with E-state index in [0.717, 1.165) is 38.8 Å². The molecule has 0 saturated heterocycles. The third-order valence-corrected chi connectivity index (χ3v) is 6.28. The standard InChI is InChI=1S/C28H31NO3/c30-28(31)21-32-27-17-13-25(14-18-27)24-11-15-26(16-12-24)29(19-22-7-3-1-4-8-22)20-23-9-5-2-6-10-23/h1-12,15-16,25,27H,13-14,17-21H2,(H,30,31)/t25-,27-. The summed E-state index contributed by atoms with van der Waals surface area (Å²) in [6, 6.07) is 30.2. The summed E-state index contributed by atoms with van der Waals surface area (Å²) >= 11 is 0. The molecule has 4 rings (SSSR count). The first-order valence-electron chi connectivity index (χ1n) is 11.4. The Morgan fingerprint density at radius 1 is 0.781 bits per heavy atom. The molecule has 3 aromatic carbocycles. The average molecular weight is 430 g/mol. The molecule has 0 heterocycles. The quantitative estimate of drug-likeness (QED) is 0.452. The van der Waals surface area contributed by atoms with E-state index in [1.807, 2.05) is 0 Å². The number of anilines is 1. The van der Waals surface area contributed by atoms with E-state index >= 15 is 0 Å². The zero-order chi connectivity index (χ0) is 22.2. The number of hydrogen-bond acceptors (Lipinski definition) is 3. The number of nitrogens with zero attached hydrogens (tertiary/aromatic N) is 1. The van der Waals surface area contributed by atoms with Gasteiger partial charge in [0.15, 0.2) is 0 Å². The Morgan fingerprint density at radius 2 is 1.31 bits per heavy atom. The van der Waals surface area contributed by atoms with Crippen LogP contribution in [0.15, 0.2) is 84.9 Å². The molecule has 0 bridgehead atoms. The van der Waals surface area contributed by atoms with Crippen molar-refractivity contribution in [2.75, 3.05) is 11.5 Å². The molecule has 0 radical (unpaired) electrons. The Labute approximate surface area is 190 Å². The van der Waals surface area contributed by atoms with E-state index in [1.165, 1.54) is 22.4 Å². The molecule has 166 valence electrons. The fourth-order valence-corrected chi connectivity index (χ4v) is 4.56. The van der Waals surface area contributed by atoms with Crippen molar-refractivity contribution in [3.63, 3.8) is 0 Å². The maximum absolute atomic E-state index is 10.7. The Hall–Kier alpha value is -3.11. The number of aliphatic carboxylic acids is 1. The van der Waals surface area contributed by atoms with Gasteiger partial charge in [-0.15, -0.1) is 0 Å². The van der Waals surface area contributed by atoms with Crippen LogP contribution in [0.2, 0.25) is 0 Å². The number of carboxylic acid groups (broad SMARTS) is 1. The second kappa shape index (κ2) is 11.0. The number of hydrogen-bond donors (Lipinski definition) is 1. The summed E-state index contributed by atoms with van der Waals surface area (Å²) in [4.78, 5) is 13.1. The van der Waals surface area contributed by atoms with Crippen molar-refractivity contribution in [1.82, 2.24) is 0 Å². The van der Waals surface area contributed by atoms with Crippen LogP contribution in [0.25, 0.3) is 0 Å². The van der Waals surface area contributed by atoms with Crippen LogP contribution in [0.4, 0.5) is 5.69 Å². The predicted octanol–water partition coefficient (Wildman–Crippen LogP) is 6.02. The van der Waals surface area contributed by atoms with Crippen LogP contribution in [0.1, 0.15) is 48.3 Å². The largest absolute Gasteiger partial charge is 0.480 e. The van der Waals surface area contributed by atoms with Crippen LogP contribution < -0.4 is 4.90 Å². The fraction of sp³-hybridized carbons (Fsp3) is 0.321. The van der Waals surface area contributed by atoms with Gasteiger partial charge in [-0.1, -0.05) is 72.8 Å². The highest BCUT2D eigenvalue weighted by Crippen LogP contribution is 2.35. The van der Waals surface area contributed by atoms with Gasteiger partial charge in [-0.05, 0) is 60.4 Å².